The molecule has 7 heteroatoms. The standard InChI is InChI=1S/C13H14ClFN2O3/c1-7-2-3-17(11(7)12(18)19)13(20)16-10-5-8(14)4-9(15)6-10/h4-7,11H,2-3H2,1H3,(H,16,20)(H,18,19). The Hall–Kier alpha value is -1.82. The SMILES string of the molecule is CC1CCN(C(=O)Nc2cc(F)cc(Cl)c2)C1C(=O)O. The van der Waals surface area contributed by atoms with E-state index in [-0.39, 0.29) is 16.6 Å². The van der Waals surface area contributed by atoms with Crippen LogP contribution in [0, 0.1) is 11.7 Å². The quantitative estimate of drug-likeness (QED) is 0.882. The number of amides is 2. The highest BCUT2D eigenvalue weighted by molar-refractivity contribution is 6.30. The number of nitrogens with one attached hydrogen (secondary N) is 1. The van der Waals surface area contributed by atoms with Crippen molar-refractivity contribution in [2.45, 2.75) is 19.4 Å². The number of carbonyl (C=O) groups is 2. The van der Waals surface area contributed by atoms with E-state index in [2.05, 4.69) is 5.32 Å². The molecular formula is C13H14ClFN2O3. The molecule has 1 aromatic carbocycles. The number of carboxylic acids is 1. The number of hydrogen-bond donors (Lipinski definition) is 2. The van der Waals surface area contributed by atoms with Crippen molar-refractivity contribution >= 4 is 29.3 Å². The molecule has 0 radical (unpaired) electrons. The second kappa shape index (κ2) is 5.66. The van der Waals surface area contributed by atoms with E-state index in [0.29, 0.717) is 13.0 Å². The molecule has 2 N–H and O–H groups in total. The zero-order valence-corrected chi connectivity index (χ0v) is 11.5. The molecule has 2 atom stereocenters. The van der Waals surface area contributed by atoms with Crippen LogP contribution in [-0.4, -0.2) is 34.6 Å². The Labute approximate surface area is 120 Å². The number of urea groups is 1. The van der Waals surface area contributed by atoms with E-state index in [1.54, 1.807) is 6.92 Å². The number of likely N-dealkylation sites (tertiary alicyclic amines) is 1. The molecule has 0 saturated carbocycles. The van der Waals surface area contributed by atoms with E-state index >= 15 is 0 Å². The van der Waals surface area contributed by atoms with Gasteiger partial charge in [0.05, 0.1) is 0 Å². The van der Waals surface area contributed by atoms with Crippen molar-refractivity contribution < 1.29 is 19.1 Å². The Morgan fingerprint density at radius 1 is 1.45 bits per heavy atom. The summed E-state index contributed by atoms with van der Waals surface area (Å²) >= 11 is 5.70. The third-order valence-corrected chi connectivity index (χ3v) is 3.55. The minimum absolute atomic E-state index is 0.116. The van der Waals surface area contributed by atoms with Crippen molar-refractivity contribution in [3.05, 3.63) is 29.0 Å². The molecule has 2 rings (SSSR count). The number of aliphatic carboxylic acids is 1. The van der Waals surface area contributed by atoms with Gasteiger partial charge in [0.25, 0.3) is 0 Å². The van der Waals surface area contributed by atoms with Crippen LogP contribution < -0.4 is 5.32 Å². The first-order valence-electron chi connectivity index (χ1n) is 6.15. The van der Waals surface area contributed by atoms with Gasteiger partial charge in [0.2, 0.25) is 0 Å². The second-order valence-electron chi connectivity index (χ2n) is 4.83. The first-order chi connectivity index (χ1) is 9.38. The number of halogens is 2. The van der Waals surface area contributed by atoms with Crippen LogP contribution in [0.15, 0.2) is 18.2 Å². The number of hydrogen-bond acceptors (Lipinski definition) is 2. The Balaban J connectivity index is 2.13. The summed E-state index contributed by atoms with van der Waals surface area (Å²) in [5.41, 5.74) is 0.198. The number of benzene rings is 1. The van der Waals surface area contributed by atoms with Crippen molar-refractivity contribution in [2.75, 3.05) is 11.9 Å². The lowest BCUT2D eigenvalue weighted by Crippen LogP contribution is -2.44. The van der Waals surface area contributed by atoms with E-state index < -0.39 is 23.9 Å². The van der Waals surface area contributed by atoms with Crippen LogP contribution in [0.1, 0.15) is 13.3 Å². The highest BCUT2D eigenvalue weighted by Gasteiger charge is 2.39. The smallest absolute Gasteiger partial charge is 0.326 e. The Morgan fingerprint density at radius 2 is 2.15 bits per heavy atom. The average Bonchev–Trinajstić information content (AvgIpc) is 2.69. The van der Waals surface area contributed by atoms with Gasteiger partial charge in [-0.1, -0.05) is 18.5 Å². The molecule has 0 aromatic heterocycles. The summed E-state index contributed by atoms with van der Waals surface area (Å²) in [5, 5.41) is 11.8. The van der Waals surface area contributed by atoms with Crippen LogP contribution in [0.2, 0.25) is 5.02 Å². The summed E-state index contributed by atoms with van der Waals surface area (Å²) in [6.45, 7) is 2.14. The summed E-state index contributed by atoms with van der Waals surface area (Å²) in [6.07, 6.45) is 0.619. The molecule has 0 aliphatic carbocycles. The first kappa shape index (κ1) is 14.6. The fourth-order valence-corrected chi connectivity index (χ4v) is 2.59. The molecule has 5 nitrogen and oxygen atoms in total. The summed E-state index contributed by atoms with van der Waals surface area (Å²) < 4.78 is 13.2. The molecule has 1 heterocycles. The van der Waals surface area contributed by atoms with Crippen LogP contribution >= 0.6 is 11.6 Å². The van der Waals surface area contributed by atoms with Crippen molar-refractivity contribution in [1.82, 2.24) is 4.90 Å². The number of nitrogens with zero attached hydrogens (tertiary/aromatic N) is 1. The van der Waals surface area contributed by atoms with Crippen LogP contribution in [0.5, 0.6) is 0 Å². The van der Waals surface area contributed by atoms with Gasteiger partial charge in [-0.05, 0) is 30.5 Å². The molecule has 108 valence electrons. The molecule has 0 spiro atoms. The van der Waals surface area contributed by atoms with Gasteiger partial charge < -0.3 is 15.3 Å². The van der Waals surface area contributed by atoms with Crippen molar-refractivity contribution in [3.8, 4) is 0 Å². The van der Waals surface area contributed by atoms with E-state index in [9.17, 15) is 14.0 Å². The van der Waals surface area contributed by atoms with Gasteiger partial charge in [0.1, 0.15) is 11.9 Å². The largest absolute Gasteiger partial charge is 0.480 e. The predicted molar refractivity (Wildman–Crippen MR) is 72.3 cm³/mol. The van der Waals surface area contributed by atoms with Gasteiger partial charge in [-0.15, -0.1) is 0 Å². The molecule has 1 fully saturated rings. The molecule has 2 unspecified atom stereocenters. The molecule has 2 amide bonds. The predicted octanol–water partition coefficient (Wildman–Crippen LogP) is 2.81. The maximum atomic E-state index is 13.2. The third kappa shape index (κ3) is 3.01. The van der Waals surface area contributed by atoms with Crippen LogP contribution in [0.25, 0.3) is 0 Å². The molecule has 20 heavy (non-hydrogen) atoms. The molecule has 1 saturated heterocycles. The fraction of sp³-hybridized carbons (Fsp3) is 0.385. The van der Waals surface area contributed by atoms with Gasteiger partial charge in [0.15, 0.2) is 0 Å². The van der Waals surface area contributed by atoms with Gasteiger partial charge in [-0.3, -0.25) is 0 Å². The van der Waals surface area contributed by atoms with Crippen LogP contribution in [0.3, 0.4) is 0 Å². The lowest BCUT2D eigenvalue weighted by molar-refractivity contribution is -0.142. The lowest BCUT2D eigenvalue weighted by atomic mass is 10.0. The Morgan fingerprint density at radius 3 is 2.75 bits per heavy atom. The van der Waals surface area contributed by atoms with Crippen molar-refractivity contribution in [3.63, 3.8) is 0 Å². The topological polar surface area (TPSA) is 69.6 Å². The minimum atomic E-state index is -1.04. The van der Waals surface area contributed by atoms with Gasteiger partial charge >= 0.3 is 12.0 Å². The van der Waals surface area contributed by atoms with E-state index in [4.69, 9.17) is 16.7 Å². The number of carbonyl (C=O) groups excluding carboxylic acids is 1. The monoisotopic (exact) mass is 300 g/mol. The van der Waals surface area contributed by atoms with Crippen molar-refractivity contribution in [1.29, 1.82) is 0 Å². The van der Waals surface area contributed by atoms with Gasteiger partial charge in [0, 0.05) is 17.3 Å². The number of rotatable bonds is 2. The molecule has 0 bridgehead atoms. The summed E-state index contributed by atoms with van der Waals surface area (Å²) in [6, 6.07) is 2.22. The van der Waals surface area contributed by atoms with E-state index in [0.717, 1.165) is 12.1 Å². The Bertz CT molecular complexity index is 532. The second-order valence-corrected chi connectivity index (χ2v) is 5.27. The summed E-state index contributed by atoms with van der Waals surface area (Å²) in [4.78, 5) is 24.5. The number of anilines is 1. The average molecular weight is 301 g/mol. The minimum Gasteiger partial charge on any atom is -0.480 e. The lowest BCUT2D eigenvalue weighted by Gasteiger charge is -2.23. The zero-order valence-electron chi connectivity index (χ0n) is 10.8. The normalized spacial score (nSPS) is 21.9. The van der Waals surface area contributed by atoms with Crippen molar-refractivity contribution in [2.24, 2.45) is 5.92 Å². The highest BCUT2D eigenvalue weighted by atomic mass is 35.5. The van der Waals surface area contributed by atoms with Crippen LogP contribution in [0.4, 0.5) is 14.9 Å². The maximum absolute atomic E-state index is 13.2. The van der Waals surface area contributed by atoms with Gasteiger partial charge in [-0.25, -0.2) is 14.0 Å². The van der Waals surface area contributed by atoms with E-state index in [1.165, 1.54) is 11.0 Å². The fourth-order valence-electron chi connectivity index (χ4n) is 2.37. The van der Waals surface area contributed by atoms with Crippen LogP contribution in [-0.2, 0) is 4.79 Å². The van der Waals surface area contributed by atoms with E-state index in [1.807, 2.05) is 0 Å². The zero-order chi connectivity index (χ0) is 14.9. The maximum Gasteiger partial charge on any atom is 0.326 e. The highest BCUT2D eigenvalue weighted by Crippen LogP contribution is 2.25. The molecule has 1 aromatic rings. The molecular weight excluding hydrogens is 287 g/mol. The molecule has 1 aliphatic heterocycles. The first-order valence-corrected chi connectivity index (χ1v) is 6.53. The molecule has 1 aliphatic rings. The number of carboxylic acid groups (broad SMARTS) is 1. The summed E-state index contributed by atoms with van der Waals surface area (Å²) in [7, 11) is 0. The third-order valence-electron chi connectivity index (χ3n) is 3.33. The van der Waals surface area contributed by atoms with Gasteiger partial charge in [-0.2, -0.15) is 0 Å². The Kier molecular flexibility index (Phi) is 4.13. The summed E-state index contributed by atoms with van der Waals surface area (Å²) in [5.74, 6) is -1.73.